The van der Waals surface area contributed by atoms with Crippen LogP contribution in [0.2, 0.25) is 0 Å². The van der Waals surface area contributed by atoms with E-state index in [2.05, 4.69) is 10.2 Å². The van der Waals surface area contributed by atoms with Crippen LogP contribution in [0.25, 0.3) is 11.3 Å². The predicted octanol–water partition coefficient (Wildman–Crippen LogP) is 5.39. The van der Waals surface area contributed by atoms with Gasteiger partial charge in [-0.3, -0.25) is 5.10 Å². The molecule has 3 aromatic carbocycles. The minimum atomic E-state index is -0.281. The predicted molar refractivity (Wildman–Crippen MR) is 109 cm³/mol. The largest absolute Gasteiger partial charge is 0.497 e. The number of benzene rings is 3. The van der Waals surface area contributed by atoms with E-state index in [-0.39, 0.29) is 5.82 Å². The van der Waals surface area contributed by atoms with Gasteiger partial charge in [-0.15, -0.1) is 0 Å². The molecule has 1 heterocycles. The topological polar surface area (TPSA) is 50.3 Å². The summed E-state index contributed by atoms with van der Waals surface area (Å²) >= 11 is 0. The molecule has 4 nitrogen and oxygen atoms in total. The molecule has 0 saturated carbocycles. The summed E-state index contributed by atoms with van der Waals surface area (Å²) in [6, 6.07) is 23.7. The Morgan fingerprint density at radius 1 is 0.929 bits per heavy atom. The van der Waals surface area contributed by atoms with Gasteiger partial charge in [-0.05, 0) is 48.5 Å². The number of ether oxygens (including phenoxy) is 1. The van der Waals surface area contributed by atoms with Crippen molar-refractivity contribution >= 4 is 11.4 Å². The Morgan fingerprint density at radius 2 is 1.64 bits per heavy atom. The molecule has 0 fully saturated rings. The molecule has 0 amide bonds. The van der Waals surface area contributed by atoms with E-state index in [0.29, 0.717) is 0 Å². The lowest BCUT2D eigenvalue weighted by molar-refractivity contribution is 0.415. The highest BCUT2D eigenvalue weighted by molar-refractivity contribution is 6.16. The van der Waals surface area contributed by atoms with E-state index in [1.165, 1.54) is 12.1 Å². The second-order valence-electron chi connectivity index (χ2n) is 6.18. The first-order chi connectivity index (χ1) is 13.7. The number of aliphatic imine (C=N–C) groups is 1. The first-order valence-corrected chi connectivity index (χ1v) is 8.83. The molecule has 28 heavy (non-hydrogen) atoms. The van der Waals surface area contributed by atoms with E-state index >= 15 is 0 Å². The molecular formula is C23H18FN3O. The first-order valence-electron chi connectivity index (χ1n) is 8.83. The minimum Gasteiger partial charge on any atom is -0.497 e. The van der Waals surface area contributed by atoms with Crippen LogP contribution in [0.5, 0.6) is 5.75 Å². The molecule has 1 N–H and O–H groups in total. The number of aromatic nitrogens is 2. The Bertz CT molecular complexity index is 1080. The average Bonchev–Trinajstić information content (AvgIpc) is 3.23. The Labute approximate surface area is 162 Å². The first kappa shape index (κ1) is 17.7. The summed E-state index contributed by atoms with van der Waals surface area (Å²) in [6.07, 6.45) is 1.81. The molecule has 4 rings (SSSR count). The number of methoxy groups -OCH3 is 1. The van der Waals surface area contributed by atoms with Gasteiger partial charge in [0.05, 0.1) is 18.5 Å². The zero-order valence-electron chi connectivity index (χ0n) is 15.3. The van der Waals surface area contributed by atoms with Gasteiger partial charge in [0.25, 0.3) is 0 Å². The van der Waals surface area contributed by atoms with Crippen LogP contribution in [0.15, 0.2) is 90.1 Å². The second-order valence-corrected chi connectivity index (χ2v) is 6.18. The van der Waals surface area contributed by atoms with Gasteiger partial charge in [0.1, 0.15) is 17.3 Å². The molecule has 0 atom stereocenters. The number of hydrogen-bond donors (Lipinski definition) is 1. The third-order valence-corrected chi connectivity index (χ3v) is 4.37. The molecular weight excluding hydrogens is 353 g/mol. The van der Waals surface area contributed by atoms with Crippen molar-refractivity contribution in [3.05, 3.63) is 102 Å². The summed E-state index contributed by atoms with van der Waals surface area (Å²) in [6.45, 7) is 0. The third kappa shape index (κ3) is 3.69. The van der Waals surface area contributed by atoms with Crippen LogP contribution in [0.4, 0.5) is 10.1 Å². The Kier molecular flexibility index (Phi) is 4.97. The lowest BCUT2D eigenvalue weighted by atomic mass is 9.99. The highest BCUT2D eigenvalue weighted by Gasteiger charge is 2.16. The van der Waals surface area contributed by atoms with Gasteiger partial charge in [0.15, 0.2) is 0 Å². The molecule has 0 aliphatic heterocycles. The molecule has 5 heteroatoms. The van der Waals surface area contributed by atoms with E-state index in [4.69, 9.17) is 9.73 Å². The van der Waals surface area contributed by atoms with Crippen LogP contribution in [0.3, 0.4) is 0 Å². The number of halogens is 1. The van der Waals surface area contributed by atoms with Crippen LogP contribution in [-0.2, 0) is 0 Å². The summed E-state index contributed by atoms with van der Waals surface area (Å²) < 4.78 is 18.6. The van der Waals surface area contributed by atoms with Gasteiger partial charge in [0, 0.05) is 22.9 Å². The number of hydrogen-bond acceptors (Lipinski definition) is 3. The van der Waals surface area contributed by atoms with Crippen molar-refractivity contribution in [2.45, 2.75) is 0 Å². The van der Waals surface area contributed by atoms with Crippen LogP contribution in [-0.4, -0.2) is 23.0 Å². The van der Waals surface area contributed by atoms with Gasteiger partial charge in [-0.25, -0.2) is 9.38 Å². The lowest BCUT2D eigenvalue weighted by Gasteiger charge is -2.09. The van der Waals surface area contributed by atoms with Crippen molar-refractivity contribution in [1.82, 2.24) is 10.2 Å². The number of aromatic amines is 1. The number of H-pyrrole nitrogens is 1. The zero-order valence-corrected chi connectivity index (χ0v) is 15.3. The SMILES string of the molecule is COc1ccc(N=C(c2ccccc2)c2c[nH]nc2-c2ccc(F)cc2)cc1. The van der Waals surface area contributed by atoms with E-state index in [1.807, 2.05) is 60.8 Å². The van der Waals surface area contributed by atoms with E-state index in [0.717, 1.165) is 39.5 Å². The standard InChI is InChI=1S/C23H18FN3O/c1-28-20-13-11-19(12-14-20)26-22(16-5-3-2-4-6-16)21-15-25-27-23(21)17-7-9-18(24)10-8-17/h2-15H,1H3,(H,25,27). The maximum atomic E-state index is 13.3. The smallest absolute Gasteiger partial charge is 0.123 e. The third-order valence-electron chi connectivity index (χ3n) is 4.37. The fourth-order valence-corrected chi connectivity index (χ4v) is 2.96. The molecule has 0 aliphatic carbocycles. The van der Waals surface area contributed by atoms with Crippen LogP contribution in [0.1, 0.15) is 11.1 Å². The van der Waals surface area contributed by atoms with Crippen molar-refractivity contribution in [2.24, 2.45) is 4.99 Å². The molecule has 0 saturated heterocycles. The summed E-state index contributed by atoms with van der Waals surface area (Å²) in [5.41, 5.74) is 4.91. The molecule has 0 spiro atoms. The molecule has 0 bridgehead atoms. The molecule has 0 unspecified atom stereocenters. The van der Waals surface area contributed by atoms with Crippen LogP contribution >= 0.6 is 0 Å². The normalized spacial score (nSPS) is 11.4. The van der Waals surface area contributed by atoms with Crippen molar-refractivity contribution < 1.29 is 9.13 Å². The average molecular weight is 371 g/mol. The van der Waals surface area contributed by atoms with Gasteiger partial charge in [0.2, 0.25) is 0 Å². The zero-order chi connectivity index (χ0) is 19.3. The summed E-state index contributed by atoms with van der Waals surface area (Å²) in [7, 11) is 1.63. The highest BCUT2D eigenvalue weighted by atomic mass is 19.1. The van der Waals surface area contributed by atoms with Gasteiger partial charge in [-0.2, -0.15) is 5.10 Å². The van der Waals surface area contributed by atoms with Gasteiger partial charge in [-0.1, -0.05) is 30.3 Å². The number of nitrogens with zero attached hydrogens (tertiary/aromatic N) is 2. The minimum absolute atomic E-state index is 0.281. The van der Waals surface area contributed by atoms with Crippen molar-refractivity contribution in [3.8, 4) is 17.0 Å². The quantitative estimate of drug-likeness (QED) is 0.478. The Hall–Kier alpha value is -3.73. The van der Waals surface area contributed by atoms with E-state index < -0.39 is 0 Å². The van der Waals surface area contributed by atoms with Crippen molar-refractivity contribution in [2.75, 3.05) is 7.11 Å². The van der Waals surface area contributed by atoms with E-state index in [9.17, 15) is 4.39 Å². The summed E-state index contributed by atoms with van der Waals surface area (Å²) in [4.78, 5) is 4.88. The fraction of sp³-hybridized carbons (Fsp3) is 0.0435. The van der Waals surface area contributed by atoms with Crippen LogP contribution in [0, 0.1) is 5.82 Å². The Morgan fingerprint density at radius 3 is 2.32 bits per heavy atom. The molecule has 1 aromatic heterocycles. The molecule has 0 radical (unpaired) electrons. The van der Waals surface area contributed by atoms with Gasteiger partial charge < -0.3 is 4.74 Å². The highest BCUT2D eigenvalue weighted by Crippen LogP contribution is 2.27. The fourth-order valence-electron chi connectivity index (χ4n) is 2.96. The maximum Gasteiger partial charge on any atom is 0.123 e. The van der Waals surface area contributed by atoms with Gasteiger partial charge >= 0.3 is 0 Å². The summed E-state index contributed by atoms with van der Waals surface area (Å²) in [5.74, 6) is 0.492. The van der Waals surface area contributed by atoms with Crippen molar-refractivity contribution in [1.29, 1.82) is 0 Å². The summed E-state index contributed by atoms with van der Waals surface area (Å²) in [5, 5.41) is 7.30. The van der Waals surface area contributed by atoms with E-state index in [1.54, 1.807) is 19.2 Å². The Balaban J connectivity index is 1.84. The molecule has 0 aliphatic rings. The monoisotopic (exact) mass is 371 g/mol. The number of rotatable bonds is 5. The molecule has 4 aromatic rings. The molecule has 138 valence electrons. The van der Waals surface area contributed by atoms with Crippen LogP contribution < -0.4 is 4.74 Å². The number of nitrogens with one attached hydrogen (secondary N) is 1. The maximum absolute atomic E-state index is 13.3. The lowest BCUT2D eigenvalue weighted by Crippen LogP contribution is -2.03. The second kappa shape index (κ2) is 7.88. The van der Waals surface area contributed by atoms with Crippen molar-refractivity contribution in [3.63, 3.8) is 0 Å².